The smallest absolute Gasteiger partial charge is 0.255 e. The van der Waals surface area contributed by atoms with Crippen molar-refractivity contribution in [2.75, 3.05) is 31.2 Å². The zero-order valence-corrected chi connectivity index (χ0v) is 19.6. The maximum atomic E-state index is 13.0. The average Bonchev–Trinajstić information content (AvgIpc) is 3.20. The first-order valence-electron chi connectivity index (χ1n) is 11.9. The Morgan fingerprint density at radius 3 is 2.53 bits per heavy atom. The highest BCUT2D eigenvalue weighted by atomic mass is 19.3. The Morgan fingerprint density at radius 2 is 1.91 bits per heavy atom. The van der Waals surface area contributed by atoms with Gasteiger partial charge in [-0.25, -0.2) is 13.8 Å². The molecule has 4 rings (SSSR count). The van der Waals surface area contributed by atoms with Gasteiger partial charge in [0.2, 0.25) is 0 Å². The van der Waals surface area contributed by atoms with Crippen molar-refractivity contribution in [1.82, 2.24) is 4.98 Å². The van der Waals surface area contributed by atoms with Crippen LogP contribution in [0.1, 0.15) is 44.6 Å². The molecule has 0 amide bonds. The Labute approximate surface area is 198 Å². The number of alkyl halides is 2. The van der Waals surface area contributed by atoms with Crippen molar-refractivity contribution < 1.29 is 28.2 Å². The van der Waals surface area contributed by atoms with Crippen LogP contribution in [-0.4, -0.2) is 54.2 Å². The zero-order valence-electron chi connectivity index (χ0n) is 19.6. The summed E-state index contributed by atoms with van der Waals surface area (Å²) in [4.78, 5) is 18.9. The van der Waals surface area contributed by atoms with E-state index >= 15 is 0 Å². The summed E-state index contributed by atoms with van der Waals surface area (Å²) in [6.45, 7) is 5.28. The number of halogens is 2. The molecule has 4 atom stereocenters. The summed E-state index contributed by atoms with van der Waals surface area (Å²) >= 11 is 0. The Kier molecular flexibility index (Phi) is 7.36. The number of aliphatic hydroxyl groups is 1. The topological polar surface area (TPSA) is 71.9 Å². The number of carbonyl (C=O) groups is 1. The van der Waals surface area contributed by atoms with Gasteiger partial charge in [0.15, 0.2) is 0 Å². The molecule has 34 heavy (non-hydrogen) atoms. The van der Waals surface area contributed by atoms with Crippen LogP contribution < -0.4 is 14.4 Å². The number of benzene rings is 1. The molecule has 0 bridgehead atoms. The minimum atomic E-state index is -2.58. The monoisotopic (exact) mass is 474 g/mol. The number of aliphatic hydroxyl groups excluding tert-OH is 1. The zero-order chi connectivity index (χ0) is 24.3. The van der Waals surface area contributed by atoms with Crippen molar-refractivity contribution in [3.8, 4) is 11.5 Å². The third kappa shape index (κ3) is 6.03. The van der Waals surface area contributed by atoms with E-state index < -0.39 is 11.8 Å². The van der Waals surface area contributed by atoms with E-state index in [0.717, 1.165) is 30.1 Å². The highest BCUT2D eigenvalue weighted by Gasteiger charge is 2.57. The van der Waals surface area contributed by atoms with Crippen molar-refractivity contribution >= 4 is 11.6 Å². The Hall–Kier alpha value is -2.74. The van der Waals surface area contributed by atoms with Crippen molar-refractivity contribution in [3.63, 3.8) is 0 Å². The van der Waals surface area contributed by atoms with Gasteiger partial charge in [-0.15, -0.1) is 0 Å². The summed E-state index contributed by atoms with van der Waals surface area (Å²) in [7, 11) is 0. The fourth-order valence-electron chi connectivity index (χ4n) is 4.12. The fourth-order valence-corrected chi connectivity index (χ4v) is 4.12. The van der Waals surface area contributed by atoms with E-state index in [1.807, 2.05) is 44.2 Å². The molecule has 1 aliphatic carbocycles. The second kappa shape index (κ2) is 10.3. The van der Waals surface area contributed by atoms with Crippen LogP contribution in [0.15, 0.2) is 42.6 Å². The first-order valence-corrected chi connectivity index (χ1v) is 11.9. The summed E-state index contributed by atoms with van der Waals surface area (Å²) in [6.07, 6.45) is 2.71. The summed E-state index contributed by atoms with van der Waals surface area (Å²) in [5.41, 5.74) is 0.937. The normalized spacial score (nSPS) is 22.8. The van der Waals surface area contributed by atoms with Crippen LogP contribution in [0.4, 0.5) is 14.6 Å². The van der Waals surface area contributed by atoms with Crippen molar-refractivity contribution in [1.29, 1.82) is 0 Å². The molecule has 1 N–H and O–H groups in total. The molecule has 2 aromatic rings. The molecule has 2 unspecified atom stereocenters. The van der Waals surface area contributed by atoms with Gasteiger partial charge >= 0.3 is 0 Å². The number of nitrogens with zero attached hydrogens (tertiary/aromatic N) is 2. The summed E-state index contributed by atoms with van der Waals surface area (Å²) in [5, 5.41) is 9.16. The van der Waals surface area contributed by atoms with Crippen LogP contribution in [0.25, 0.3) is 0 Å². The van der Waals surface area contributed by atoms with Gasteiger partial charge in [-0.2, -0.15) is 0 Å². The first-order chi connectivity index (χ1) is 16.2. The van der Waals surface area contributed by atoms with E-state index in [1.165, 1.54) is 0 Å². The quantitative estimate of drug-likeness (QED) is 0.518. The van der Waals surface area contributed by atoms with Crippen LogP contribution in [-0.2, 0) is 4.79 Å². The van der Waals surface area contributed by atoms with E-state index in [9.17, 15) is 13.6 Å². The van der Waals surface area contributed by atoms with Crippen LogP contribution in [0.5, 0.6) is 11.5 Å². The molecule has 1 aromatic heterocycles. The number of Topliss-reactive ketones (excluding diaryl/α,β-unsaturated/α-hetero) is 1. The molecule has 0 radical (unpaired) electrons. The Balaban J connectivity index is 1.25. The van der Waals surface area contributed by atoms with Crippen LogP contribution >= 0.6 is 0 Å². The maximum absolute atomic E-state index is 13.0. The second-order valence-electron chi connectivity index (χ2n) is 9.55. The number of carbonyl (C=O) groups excluding carboxylic acids is 1. The second-order valence-corrected chi connectivity index (χ2v) is 9.55. The predicted octanol–water partition coefficient (Wildman–Crippen LogP) is 4.46. The molecule has 1 aromatic carbocycles. The Bertz CT molecular complexity index is 968. The lowest BCUT2D eigenvalue weighted by atomic mass is 9.91. The molecule has 0 spiro atoms. The molecule has 2 aliphatic rings. The highest BCUT2D eigenvalue weighted by Crippen LogP contribution is 2.48. The van der Waals surface area contributed by atoms with Gasteiger partial charge in [0.1, 0.15) is 29.2 Å². The van der Waals surface area contributed by atoms with E-state index in [2.05, 4.69) is 9.88 Å². The van der Waals surface area contributed by atoms with Crippen LogP contribution in [0, 0.1) is 11.8 Å². The SMILES string of the molecule is CC(C(=O)C[C@H](C)CO)c1ccc(O[C@@H]2CCN(c3ccc(OCC4CC4(F)F)cn3)C2)cc1. The number of rotatable bonds is 11. The molecular formula is C26H32F2N2O4. The van der Waals surface area contributed by atoms with Gasteiger partial charge in [0.05, 0.1) is 25.3 Å². The van der Waals surface area contributed by atoms with E-state index in [1.54, 1.807) is 12.3 Å². The van der Waals surface area contributed by atoms with Crippen LogP contribution in [0.3, 0.4) is 0 Å². The number of ether oxygens (including phenoxy) is 2. The summed E-state index contributed by atoms with van der Waals surface area (Å²) < 4.78 is 37.5. The summed E-state index contributed by atoms with van der Waals surface area (Å²) in [6, 6.07) is 11.2. The number of hydrogen-bond donors (Lipinski definition) is 1. The fraction of sp³-hybridized carbons (Fsp3) is 0.538. The summed E-state index contributed by atoms with van der Waals surface area (Å²) in [5.74, 6) is -1.33. The van der Waals surface area contributed by atoms with Gasteiger partial charge in [-0.05, 0) is 35.7 Å². The van der Waals surface area contributed by atoms with Crippen molar-refractivity contribution in [2.24, 2.45) is 11.8 Å². The van der Waals surface area contributed by atoms with Gasteiger partial charge in [-0.1, -0.05) is 26.0 Å². The lowest BCUT2D eigenvalue weighted by molar-refractivity contribution is -0.121. The van der Waals surface area contributed by atoms with Crippen LogP contribution in [0.2, 0.25) is 0 Å². The minimum absolute atomic E-state index is 0.0129. The largest absolute Gasteiger partial charge is 0.491 e. The predicted molar refractivity (Wildman–Crippen MR) is 125 cm³/mol. The van der Waals surface area contributed by atoms with Crippen molar-refractivity contribution in [2.45, 2.75) is 51.1 Å². The number of hydrogen-bond acceptors (Lipinski definition) is 6. The number of pyridine rings is 1. The van der Waals surface area contributed by atoms with Gasteiger partial charge < -0.3 is 19.5 Å². The number of anilines is 1. The lowest BCUT2D eigenvalue weighted by Crippen LogP contribution is -2.25. The molecule has 1 saturated heterocycles. The number of aromatic nitrogens is 1. The molecular weight excluding hydrogens is 442 g/mol. The average molecular weight is 475 g/mol. The molecule has 184 valence electrons. The Morgan fingerprint density at radius 1 is 1.21 bits per heavy atom. The lowest BCUT2D eigenvalue weighted by Gasteiger charge is -2.19. The van der Waals surface area contributed by atoms with E-state index in [-0.39, 0.29) is 43.4 Å². The molecule has 2 fully saturated rings. The molecule has 6 nitrogen and oxygen atoms in total. The number of ketones is 1. The van der Waals surface area contributed by atoms with Gasteiger partial charge in [-0.3, -0.25) is 4.79 Å². The van der Waals surface area contributed by atoms with Crippen molar-refractivity contribution in [3.05, 3.63) is 48.2 Å². The van der Waals surface area contributed by atoms with E-state index in [4.69, 9.17) is 14.6 Å². The third-order valence-corrected chi connectivity index (χ3v) is 6.62. The standard InChI is InChI=1S/C26H32F2N2O4/c1-17(15-31)11-24(32)18(2)19-3-5-21(6-4-19)34-23-9-10-30(14-23)25-8-7-22(13-29-25)33-16-20-12-26(20,27)28/h3-8,13,17-18,20,23,31H,9-12,14-16H2,1-2H3/t17-,18?,20?,23+/m0/s1. The third-order valence-electron chi connectivity index (χ3n) is 6.62. The molecule has 8 heteroatoms. The van der Waals surface area contributed by atoms with Gasteiger partial charge in [0.25, 0.3) is 5.92 Å². The molecule has 1 aliphatic heterocycles. The molecule has 2 heterocycles. The van der Waals surface area contributed by atoms with Gasteiger partial charge in [0, 0.05) is 38.3 Å². The van der Waals surface area contributed by atoms with E-state index in [0.29, 0.717) is 18.7 Å². The maximum Gasteiger partial charge on any atom is 0.255 e. The first kappa shape index (κ1) is 24.4. The highest BCUT2D eigenvalue weighted by molar-refractivity contribution is 5.85. The minimum Gasteiger partial charge on any atom is -0.491 e. The molecule has 1 saturated carbocycles.